The van der Waals surface area contributed by atoms with Crippen LogP contribution in [0.3, 0.4) is 0 Å². The summed E-state index contributed by atoms with van der Waals surface area (Å²) in [6, 6.07) is 17.5. The van der Waals surface area contributed by atoms with Gasteiger partial charge >= 0.3 is 0 Å². The molecule has 0 bridgehead atoms. The van der Waals surface area contributed by atoms with Gasteiger partial charge in [0, 0.05) is 11.8 Å². The fraction of sp³-hybridized carbons (Fsp3) is 0.0556. The number of hydrogen-bond acceptors (Lipinski definition) is 2. The average Bonchev–Trinajstić information content (AvgIpc) is 3.01. The maximum absolute atomic E-state index is 12.2. The molecule has 0 saturated heterocycles. The summed E-state index contributed by atoms with van der Waals surface area (Å²) in [5.41, 5.74) is 4.43. The lowest BCUT2D eigenvalue weighted by atomic mass is 10.1. The van der Waals surface area contributed by atoms with Gasteiger partial charge < -0.3 is 14.1 Å². The van der Waals surface area contributed by atoms with Crippen LogP contribution in [0, 0.1) is 0 Å². The third-order valence-corrected chi connectivity index (χ3v) is 3.89. The molecular formula is C18H14N2O2. The molecule has 22 heavy (non-hydrogen) atoms. The molecule has 4 nitrogen and oxygen atoms in total. The Morgan fingerprint density at radius 1 is 0.955 bits per heavy atom. The van der Waals surface area contributed by atoms with Crippen molar-refractivity contribution >= 4 is 16.6 Å². The number of para-hydroxylation sites is 2. The van der Waals surface area contributed by atoms with Crippen molar-refractivity contribution in [3.05, 3.63) is 71.1 Å². The highest BCUT2D eigenvalue weighted by Crippen LogP contribution is 2.25. The summed E-state index contributed by atoms with van der Waals surface area (Å²) < 4.78 is 7.12. The summed E-state index contributed by atoms with van der Waals surface area (Å²) in [6.45, 7) is 0. The van der Waals surface area contributed by atoms with Crippen LogP contribution >= 0.6 is 0 Å². The molecule has 4 heteroatoms. The van der Waals surface area contributed by atoms with E-state index in [0.29, 0.717) is 5.52 Å². The summed E-state index contributed by atoms with van der Waals surface area (Å²) >= 11 is 0. The first-order valence-electron chi connectivity index (χ1n) is 7.04. The van der Waals surface area contributed by atoms with Crippen molar-refractivity contribution in [1.82, 2.24) is 9.38 Å². The van der Waals surface area contributed by atoms with Gasteiger partial charge in [0.15, 0.2) is 0 Å². The predicted molar refractivity (Wildman–Crippen MR) is 87.5 cm³/mol. The van der Waals surface area contributed by atoms with Crippen LogP contribution in [0.5, 0.6) is 5.75 Å². The van der Waals surface area contributed by atoms with Crippen LogP contribution in [0.1, 0.15) is 0 Å². The van der Waals surface area contributed by atoms with Crippen molar-refractivity contribution in [2.24, 2.45) is 0 Å². The molecule has 0 amide bonds. The lowest BCUT2D eigenvalue weighted by Gasteiger charge is -2.02. The van der Waals surface area contributed by atoms with Crippen LogP contribution in [0.25, 0.3) is 27.7 Å². The Hall–Kier alpha value is -3.01. The molecular weight excluding hydrogens is 276 g/mol. The highest BCUT2D eigenvalue weighted by molar-refractivity contribution is 5.81. The fourth-order valence-corrected chi connectivity index (χ4v) is 2.75. The monoisotopic (exact) mass is 290 g/mol. The number of ether oxygens (including phenoxy) is 1. The number of aromatic amines is 1. The molecule has 0 aliphatic heterocycles. The smallest absolute Gasteiger partial charge is 0.272 e. The van der Waals surface area contributed by atoms with Crippen LogP contribution in [-0.2, 0) is 0 Å². The van der Waals surface area contributed by atoms with E-state index in [-0.39, 0.29) is 5.56 Å². The Morgan fingerprint density at radius 3 is 2.50 bits per heavy atom. The van der Waals surface area contributed by atoms with E-state index in [1.54, 1.807) is 7.11 Å². The zero-order chi connectivity index (χ0) is 15.1. The number of nitrogens with zero attached hydrogens (tertiary/aromatic N) is 1. The summed E-state index contributed by atoms with van der Waals surface area (Å²) in [4.78, 5) is 15.2. The number of fused-ring (bicyclic) bond motifs is 3. The SMILES string of the molecule is COc1ccc(-c2cc3c(=O)[nH]c4ccccc4n3c2)cc1. The van der Waals surface area contributed by atoms with Crippen molar-refractivity contribution < 1.29 is 4.74 Å². The maximum atomic E-state index is 12.2. The minimum absolute atomic E-state index is 0.0848. The van der Waals surface area contributed by atoms with E-state index in [0.717, 1.165) is 27.9 Å². The normalized spacial score (nSPS) is 11.1. The second kappa shape index (κ2) is 4.77. The molecule has 2 aromatic carbocycles. The van der Waals surface area contributed by atoms with Gasteiger partial charge in [-0.25, -0.2) is 0 Å². The average molecular weight is 290 g/mol. The molecule has 0 saturated carbocycles. The van der Waals surface area contributed by atoms with Gasteiger partial charge in [0.05, 0.1) is 18.1 Å². The van der Waals surface area contributed by atoms with Gasteiger partial charge in [-0.05, 0) is 35.9 Å². The van der Waals surface area contributed by atoms with Crippen molar-refractivity contribution in [3.63, 3.8) is 0 Å². The minimum atomic E-state index is -0.0848. The molecule has 2 heterocycles. The van der Waals surface area contributed by atoms with E-state index in [4.69, 9.17) is 4.74 Å². The molecule has 0 aliphatic carbocycles. The van der Waals surface area contributed by atoms with Gasteiger partial charge in [-0.1, -0.05) is 24.3 Å². The molecule has 1 N–H and O–H groups in total. The summed E-state index contributed by atoms with van der Waals surface area (Å²) in [6.07, 6.45) is 1.99. The van der Waals surface area contributed by atoms with Gasteiger partial charge in [0.25, 0.3) is 5.56 Å². The van der Waals surface area contributed by atoms with Crippen LogP contribution in [-0.4, -0.2) is 16.5 Å². The number of hydrogen-bond donors (Lipinski definition) is 1. The zero-order valence-corrected chi connectivity index (χ0v) is 12.0. The molecule has 4 aromatic rings. The molecule has 2 aromatic heterocycles. The summed E-state index contributed by atoms with van der Waals surface area (Å²) in [5.74, 6) is 0.816. The topological polar surface area (TPSA) is 46.5 Å². The number of methoxy groups -OCH3 is 1. The molecule has 4 rings (SSSR count). The van der Waals surface area contributed by atoms with Crippen LogP contribution in [0.15, 0.2) is 65.6 Å². The van der Waals surface area contributed by atoms with E-state index >= 15 is 0 Å². The van der Waals surface area contributed by atoms with Gasteiger partial charge in [0.1, 0.15) is 11.3 Å². The predicted octanol–water partition coefficient (Wildman–Crippen LogP) is 3.46. The largest absolute Gasteiger partial charge is 0.497 e. The second-order valence-corrected chi connectivity index (χ2v) is 5.18. The van der Waals surface area contributed by atoms with Crippen molar-refractivity contribution in [2.75, 3.05) is 7.11 Å². The minimum Gasteiger partial charge on any atom is -0.497 e. The Morgan fingerprint density at radius 2 is 1.73 bits per heavy atom. The summed E-state index contributed by atoms with van der Waals surface area (Å²) in [5, 5.41) is 0. The summed E-state index contributed by atoms with van der Waals surface area (Å²) in [7, 11) is 1.65. The van der Waals surface area contributed by atoms with Crippen molar-refractivity contribution in [2.45, 2.75) is 0 Å². The maximum Gasteiger partial charge on any atom is 0.272 e. The van der Waals surface area contributed by atoms with Gasteiger partial charge in [-0.15, -0.1) is 0 Å². The van der Waals surface area contributed by atoms with Gasteiger partial charge in [0.2, 0.25) is 0 Å². The van der Waals surface area contributed by atoms with Crippen LogP contribution < -0.4 is 10.3 Å². The van der Waals surface area contributed by atoms with E-state index < -0.39 is 0 Å². The standard InChI is InChI=1S/C18H14N2O2/c1-22-14-8-6-12(7-9-14)13-10-17-18(21)19-15-4-2-3-5-16(15)20(17)11-13/h2-11H,1H3,(H,19,21). The number of H-pyrrole nitrogens is 1. The molecule has 0 atom stereocenters. The highest BCUT2D eigenvalue weighted by atomic mass is 16.5. The van der Waals surface area contributed by atoms with E-state index in [1.807, 2.05) is 65.2 Å². The Kier molecular flexibility index (Phi) is 2.76. The third-order valence-electron chi connectivity index (χ3n) is 3.89. The number of nitrogens with one attached hydrogen (secondary N) is 1. The van der Waals surface area contributed by atoms with Gasteiger partial charge in [-0.3, -0.25) is 4.79 Å². The Bertz CT molecular complexity index is 1030. The van der Waals surface area contributed by atoms with Crippen molar-refractivity contribution in [3.8, 4) is 16.9 Å². The van der Waals surface area contributed by atoms with Gasteiger partial charge in [-0.2, -0.15) is 0 Å². The van der Waals surface area contributed by atoms with Crippen molar-refractivity contribution in [1.29, 1.82) is 0 Å². The lowest BCUT2D eigenvalue weighted by molar-refractivity contribution is 0.415. The first-order chi connectivity index (χ1) is 10.8. The van der Waals surface area contributed by atoms with Crippen LogP contribution in [0.2, 0.25) is 0 Å². The number of aromatic nitrogens is 2. The zero-order valence-electron chi connectivity index (χ0n) is 12.0. The molecule has 0 fully saturated rings. The van der Waals surface area contributed by atoms with E-state index in [2.05, 4.69) is 4.98 Å². The second-order valence-electron chi connectivity index (χ2n) is 5.18. The first-order valence-corrected chi connectivity index (χ1v) is 7.04. The first kappa shape index (κ1) is 12.7. The Labute approximate surface area is 126 Å². The van der Waals surface area contributed by atoms with E-state index in [1.165, 1.54) is 0 Å². The number of benzene rings is 2. The molecule has 0 radical (unpaired) electrons. The fourth-order valence-electron chi connectivity index (χ4n) is 2.75. The molecule has 0 aliphatic rings. The third kappa shape index (κ3) is 1.89. The molecule has 0 unspecified atom stereocenters. The lowest BCUT2D eigenvalue weighted by Crippen LogP contribution is -2.09. The quantitative estimate of drug-likeness (QED) is 0.614. The Balaban J connectivity index is 1.98. The molecule has 108 valence electrons. The number of rotatable bonds is 2. The van der Waals surface area contributed by atoms with E-state index in [9.17, 15) is 4.79 Å². The highest BCUT2D eigenvalue weighted by Gasteiger charge is 2.08. The molecule has 0 spiro atoms. The van der Waals surface area contributed by atoms with Crippen LogP contribution in [0.4, 0.5) is 0 Å².